The van der Waals surface area contributed by atoms with Gasteiger partial charge >= 0.3 is 4.87 Å². The number of thiophene rings is 1. The summed E-state index contributed by atoms with van der Waals surface area (Å²) < 4.78 is 2.49. The summed E-state index contributed by atoms with van der Waals surface area (Å²) >= 11 is 17.9. The van der Waals surface area contributed by atoms with Crippen LogP contribution in [0.25, 0.3) is 11.9 Å². The monoisotopic (exact) mass is 473 g/mol. The van der Waals surface area contributed by atoms with Crippen LogP contribution in [0.2, 0.25) is 10.0 Å². The van der Waals surface area contributed by atoms with Gasteiger partial charge in [-0.05, 0) is 40.2 Å². The molecule has 0 amide bonds. The Morgan fingerprint density at radius 1 is 1.12 bits per heavy atom. The molecule has 0 saturated carbocycles. The van der Waals surface area contributed by atoms with Crippen molar-refractivity contribution >= 4 is 73.7 Å². The van der Waals surface area contributed by atoms with Crippen LogP contribution in [0, 0.1) is 0 Å². The van der Waals surface area contributed by atoms with Crippen LogP contribution in [-0.2, 0) is 0 Å². The zero-order chi connectivity index (χ0) is 17.7. The summed E-state index contributed by atoms with van der Waals surface area (Å²) in [5.74, 6) is 0.414. The molecular weight excluding hydrogens is 469 g/mol. The molecule has 0 bridgehead atoms. The highest BCUT2D eigenvalue weighted by atomic mass is 79.9. The molecule has 0 saturated heterocycles. The molecule has 5 nitrogen and oxygen atoms in total. The van der Waals surface area contributed by atoms with Crippen LogP contribution in [-0.4, -0.2) is 10.1 Å². The molecule has 126 valence electrons. The number of halogens is 3. The molecule has 2 N–H and O–H groups in total. The van der Waals surface area contributed by atoms with Gasteiger partial charge in [-0.25, -0.2) is 9.98 Å². The highest BCUT2D eigenvalue weighted by molar-refractivity contribution is 9.10. The number of aromatic hydroxyl groups is 1. The van der Waals surface area contributed by atoms with Gasteiger partial charge in [0, 0.05) is 9.01 Å². The lowest BCUT2D eigenvalue weighted by molar-refractivity contribution is 0.455. The molecule has 0 unspecified atom stereocenters. The summed E-state index contributed by atoms with van der Waals surface area (Å²) in [5.41, 5.74) is 0. The van der Waals surface area contributed by atoms with Crippen LogP contribution in [0.15, 0.2) is 37.5 Å². The van der Waals surface area contributed by atoms with Gasteiger partial charge in [0.15, 0.2) is 5.82 Å². The van der Waals surface area contributed by atoms with Crippen molar-refractivity contribution in [3.05, 3.63) is 67.0 Å². The third-order valence-electron chi connectivity index (χ3n) is 3.31. The van der Waals surface area contributed by atoms with E-state index in [1.807, 2.05) is 6.07 Å². The predicted octanol–water partition coefficient (Wildman–Crippen LogP) is 2.12. The van der Waals surface area contributed by atoms with E-state index in [-0.39, 0.29) is 10.8 Å². The van der Waals surface area contributed by atoms with E-state index in [9.17, 15) is 9.90 Å². The summed E-state index contributed by atoms with van der Waals surface area (Å²) in [6.07, 6.45) is 1.73. The molecule has 0 radical (unpaired) electrons. The number of hydrogen-bond acceptors (Lipinski definition) is 6. The minimum absolute atomic E-state index is 0.138. The molecule has 1 aliphatic rings. The van der Waals surface area contributed by atoms with Crippen LogP contribution in [0.1, 0.15) is 4.88 Å². The lowest BCUT2D eigenvalue weighted by atomic mass is 10.3. The number of H-pyrrole nitrogens is 1. The fraction of sp³-hybridized carbons (Fsp3) is 0. The molecule has 0 fully saturated rings. The zero-order valence-electron chi connectivity index (χ0n) is 12.0. The van der Waals surface area contributed by atoms with Crippen molar-refractivity contribution in [2.75, 3.05) is 0 Å². The SMILES string of the molecule is O=c1[nH]c(O)c(C=c2cc(Br)c(=C3N=c4cc(Cl)c(Cl)cc4=N3)s2)s1. The Balaban J connectivity index is 1.92. The maximum absolute atomic E-state index is 11.3. The molecule has 1 aliphatic heterocycles. The second kappa shape index (κ2) is 6.37. The van der Waals surface area contributed by atoms with E-state index in [1.54, 1.807) is 18.2 Å². The maximum atomic E-state index is 11.3. The first-order valence-electron chi connectivity index (χ1n) is 6.77. The van der Waals surface area contributed by atoms with Crippen molar-refractivity contribution in [1.82, 2.24) is 4.98 Å². The average Bonchev–Trinajstić information content (AvgIpc) is 3.18. The quantitative estimate of drug-likeness (QED) is 0.566. The summed E-state index contributed by atoms with van der Waals surface area (Å²) in [5, 5.41) is 11.9. The van der Waals surface area contributed by atoms with Gasteiger partial charge in [-0.15, -0.1) is 11.3 Å². The first kappa shape index (κ1) is 17.0. The standard InChI is InChI=1S/C15H6BrCl2N3O2S2/c16-6-1-5(2-11-14(22)21-15(23)25-11)24-12(6)13-19-9-3-7(17)8(18)4-10(9)20-13/h1-4,22H,(H,21,23). The van der Waals surface area contributed by atoms with Crippen molar-refractivity contribution in [3.63, 3.8) is 0 Å². The zero-order valence-corrected chi connectivity index (χ0v) is 16.7. The number of fused-ring (bicyclic) bond motifs is 1. The number of nitrogens with zero attached hydrogens (tertiary/aromatic N) is 2. The van der Waals surface area contributed by atoms with E-state index in [0.29, 0.717) is 31.5 Å². The fourth-order valence-electron chi connectivity index (χ4n) is 2.23. The second-order valence-corrected chi connectivity index (χ2v) is 8.77. The second-order valence-electron chi connectivity index (χ2n) is 5.00. The summed E-state index contributed by atoms with van der Waals surface area (Å²) in [6.45, 7) is 0. The van der Waals surface area contributed by atoms with Gasteiger partial charge in [-0.1, -0.05) is 34.5 Å². The summed E-state index contributed by atoms with van der Waals surface area (Å²) in [6, 6.07) is 5.24. The first-order valence-corrected chi connectivity index (χ1v) is 9.95. The van der Waals surface area contributed by atoms with E-state index < -0.39 is 0 Å². The number of benzene rings is 1. The normalized spacial score (nSPS) is 13.7. The smallest absolute Gasteiger partial charge is 0.307 e. The average molecular weight is 475 g/mol. The third-order valence-corrected chi connectivity index (χ3v) is 6.82. The van der Waals surface area contributed by atoms with Crippen LogP contribution in [0.5, 0.6) is 5.88 Å². The number of hydrogen-bond donors (Lipinski definition) is 2. The van der Waals surface area contributed by atoms with Crippen LogP contribution in [0.3, 0.4) is 0 Å². The fourth-order valence-corrected chi connectivity index (χ4v) is 5.05. The Labute approximate surface area is 166 Å². The topological polar surface area (TPSA) is 77.8 Å². The molecule has 10 heteroatoms. The van der Waals surface area contributed by atoms with E-state index in [0.717, 1.165) is 24.9 Å². The van der Waals surface area contributed by atoms with E-state index in [4.69, 9.17) is 23.2 Å². The van der Waals surface area contributed by atoms with Gasteiger partial charge < -0.3 is 5.11 Å². The molecule has 0 atom stereocenters. The Bertz CT molecular complexity index is 1280. The summed E-state index contributed by atoms with van der Waals surface area (Å²) in [7, 11) is 0. The highest BCUT2D eigenvalue weighted by Crippen LogP contribution is 2.19. The third kappa shape index (κ3) is 3.20. The predicted molar refractivity (Wildman–Crippen MR) is 104 cm³/mol. The molecule has 2 aromatic heterocycles. The molecule has 0 aliphatic carbocycles. The number of aromatic nitrogens is 1. The lowest BCUT2D eigenvalue weighted by Gasteiger charge is -1.90. The molecule has 0 spiro atoms. The molecule has 4 rings (SSSR count). The largest absolute Gasteiger partial charge is 0.493 e. The number of thiazole rings is 1. The summed E-state index contributed by atoms with van der Waals surface area (Å²) in [4.78, 5) is 22.8. The highest BCUT2D eigenvalue weighted by Gasteiger charge is 2.10. The van der Waals surface area contributed by atoms with E-state index in [1.165, 1.54) is 11.3 Å². The lowest BCUT2D eigenvalue weighted by Crippen LogP contribution is -2.20. The minimum atomic E-state index is -0.307. The Morgan fingerprint density at radius 3 is 2.32 bits per heavy atom. The molecular formula is C15H6BrCl2N3O2S2. The van der Waals surface area contributed by atoms with Crippen LogP contribution >= 0.6 is 61.8 Å². The van der Waals surface area contributed by atoms with E-state index >= 15 is 0 Å². The number of aromatic amines is 1. The molecule has 1 aromatic carbocycles. The van der Waals surface area contributed by atoms with Gasteiger partial charge in [-0.2, -0.15) is 0 Å². The van der Waals surface area contributed by atoms with Gasteiger partial charge in [0.25, 0.3) is 0 Å². The number of nitrogens with one attached hydrogen (secondary N) is 1. The number of rotatable bonds is 1. The maximum Gasteiger partial charge on any atom is 0.307 e. The van der Waals surface area contributed by atoms with Gasteiger partial charge in [0.2, 0.25) is 5.88 Å². The van der Waals surface area contributed by atoms with Crippen LogP contribution in [0.4, 0.5) is 0 Å². The molecule has 25 heavy (non-hydrogen) atoms. The van der Waals surface area contributed by atoms with Crippen molar-refractivity contribution in [2.24, 2.45) is 9.98 Å². The van der Waals surface area contributed by atoms with Gasteiger partial charge in [-0.3, -0.25) is 9.78 Å². The van der Waals surface area contributed by atoms with Crippen molar-refractivity contribution in [1.29, 1.82) is 0 Å². The molecule has 3 heterocycles. The van der Waals surface area contributed by atoms with Crippen molar-refractivity contribution in [3.8, 4) is 5.88 Å². The Hall–Kier alpha value is -1.45. The van der Waals surface area contributed by atoms with Crippen molar-refractivity contribution < 1.29 is 5.11 Å². The van der Waals surface area contributed by atoms with Crippen molar-refractivity contribution in [2.45, 2.75) is 0 Å². The minimum Gasteiger partial charge on any atom is -0.493 e. The van der Waals surface area contributed by atoms with Crippen LogP contribution < -0.4 is 24.7 Å². The first-order chi connectivity index (χ1) is 11.9. The van der Waals surface area contributed by atoms with Gasteiger partial charge in [0.05, 0.1) is 30.2 Å². The Kier molecular flexibility index (Phi) is 4.33. The van der Waals surface area contributed by atoms with E-state index in [2.05, 4.69) is 30.9 Å². The molecule has 3 aromatic rings. The van der Waals surface area contributed by atoms with Gasteiger partial charge in [0.1, 0.15) is 0 Å². The Morgan fingerprint density at radius 2 is 1.76 bits per heavy atom.